The largest absolute Gasteiger partial charge is 0.464 e. The Morgan fingerprint density at radius 2 is 2.60 bits per heavy atom. The average molecular weight is 205 g/mol. The van der Waals surface area contributed by atoms with Gasteiger partial charge in [-0.3, -0.25) is 3.59 Å². The minimum atomic E-state index is -0.408. The number of methoxy groups -OCH3 is 1. The van der Waals surface area contributed by atoms with Gasteiger partial charge in [0, 0.05) is 0 Å². The van der Waals surface area contributed by atoms with Gasteiger partial charge in [0.05, 0.1) is 29.5 Å². The fourth-order valence-electron chi connectivity index (χ4n) is 0.524. The van der Waals surface area contributed by atoms with Gasteiger partial charge in [0.2, 0.25) is 0 Å². The lowest BCUT2D eigenvalue weighted by molar-refractivity contribution is 0.0593. The first-order valence-corrected chi connectivity index (χ1v) is 3.23. The maximum Gasteiger partial charge on any atom is 0.357 e. The van der Waals surface area contributed by atoms with E-state index in [0.29, 0.717) is 5.69 Å². The Morgan fingerprint density at radius 1 is 1.90 bits per heavy atom. The first-order chi connectivity index (χ1) is 4.75. The van der Waals surface area contributed by atoms with E-state index in [1.54, 1.807) is 0 Å². The summed E-state index contributed by atoms with van der Waals surface area (Å²) < 4.78 is 5.86. The Balaban J connectivity index is 2.93. The molecule has 10 heavy (non-hydrogen) atoms. The molecular weight excluding hydrogens is 200 g/mol. The zero-order valence-electron chi connectivity index (χ0n) is 5.24. The third kappa shape index (κ3) is 1.18. The molecule has 0 saturated heterocycles. The molecule has 0 unspecified atom stereocenters. The van der Waals surface area contributed by atoms with Crippen LogP contribution in [-0.2, 0) is 4.74 Å². The second-order valence-electron chi connectivity index (χ2n) is 1.58. The van der Waals surface area contributed by atoms with Gasteiger partial charge in [-0.25, -0.2) is 9.78 Å². The zero-order valence-corrected chi connectivity index (χ0v) is 6.83. The molecule has 0 aromatic carbocycles. The van der Waals surface area contributed by atoms with Gasteiger partial charge in [-0.2, -0.15) is 0 Å². The lowest BCUT2D eigenvalue weighted by Crippen LogP contribution is -2.03. The van der Waals surface area contributed by atoms with Crippen LogP contribution in [0.1, 0.15) is 10.5 Å². The van der Waals surface area contributed by atoms with Crippen LogP contribution in [0.25, 0.3) is 0 Å². The van der Waals surface area contributed by atoms with Gasteiger partial charge < -0.3 is 4.74 Å². The third-order valence-electron chi connectivity index (χ3n) is 0.990. The topological polar surface area (TPSA) is 44.1 Å². The van der Waals surface area contributed by atoms with Crippen molar-refractivity contribution in [2.24, 2.45) is 0 Å². The summed E-state index contributed by atoms with van der Waals surface area (Å²) in [6.45, 7) is 0. The van der Waals surface area contributed by atoms with E-state index in [0.717, 1.165) is 0 Å². The molecule has 4 nitrogen and oxygen atoms in total. The van der Waals surface area contributed by atoms with Crippen molar-refractivity contribution in [3.63, 3.8) is 0 Å². The van der Waals surface area contributed by atoms with Crippen LogP contribution in [0, 0.1) is 0 Å². The van der Waals surface area contributed by atoms with E-state index in [9.17, 15) is 4.79 Å². The number of esters is 1. The van der Waals surface area contributed by atoms with Crippen LogP contribution >= 0.6 is 16.1 Å². The fourth-order valence-corrected chi connectivity index (χ4v) is 0.866. The quantitative estimate of drug-likeness (QED) is 0.637. The summed E-state index contributed by atoms with van der Waals surface area (Å²) in [6.07, 6.45) is 2.88. The standard InChI is InChI=1S/C5H5BrN2O2/c1-10-5(9)4-2-7-3-8(4)6/h2-3H,1H3. The highest BCUT2D eigenvalue weighted by molar-refractivity contribution is 9.08. The highest BCUT2D eigenvalue weighted by atomic mass is 79.9. The SMILES string of the molecule is COC(=O)c1cncn1Br. The van der Waals surface area contributed by atoms with Crippen LogP contribution in [0.15, 0.2) is 12.5 Å². The van der Waals surface area contributed by atoms with Crippen molar-refractivity contribution in [2.45, 2.75) is 0 Å². The number of carbonyl (C=O) groups excluding carboxylic acids is 1. The number of halogens is 1. The number of aromatic nitrogens is 2. The first-order valence-electron chi connectivity index (χ1n) is 2.52. The fraction of sp³-hybridized carbons (Fsp3) is 0.200. The van der Waals surface area contributed by atoms with E-state index in [4.69, 9.17) is 0 Å². The first kappa shape index (κ1) is 7.27. The van der Waals surface area contributed by atoms with Crippen LogP contribution in [-0.4, -0.2) is 21.7 Å². The number of imidazole rings is 1. The predicted molar refractivity (Wildman–Crippen MR) is 37.9 cm³/mol. The highest BCUT2D eigenvalue weighted by Crippen LogP contribution is 2.03. The van der Waals surface area contributed by atoms with Gasteiger partial charge in [-0.05, 0) is 0 Å². The average Bonchev–Trinajstić information content (AvgIpc) is 2.34. The van der Waals surface area contributed by atoms with E-state index in [1.165, 1.54) is 23.2 Å². The Bertz CT molecular complexity index is 246. The molecule has 0 aliphatic rings. The summed E-state index contributed by atoms with van der Waals surface area (Å²) in [5.41, 5.74) is 0.377. The molecule has 5 heteroatoms. The van der Waals surface area contributed by atoms with E-state index < -0.39 is 5.97 Å². The summed E-state index contributed by atoms with van der Waals surface area (Å²) in [6, 6.07) is 0. The molecule has 0 aliphatic carbocycles. The monoisotopic (exact) mass is 204 g/mol. The van der Waals surface area contributed by atoms with Gasteiger partial charge >= 0.3 is 5.97 Å². The number of nitrogens with zero attached hydrogens (tertiary/aromatic N) is 2. The Kier molecular flexibility index (Phi) is 2.06. The molecule has 0 atom stereocenters. The lowest BCUT2D eigenvalue weighted by atomic mass is 10.5. The second kappa shape index (κ2) is 2.83. The van der Waals surface area contributed by atoms with Gasteiger partial charge in [-0.15, -0.1) is 0 Å². The number of rotatable bonds is 1. The molecule has 0 bridgehead atoms. The normalized spacial score (nSPS) is 9.40. The molecule has 54 valence electrons. The summed E-state index contributed by atoms with van der Waals surface area (Å²) in [7, 11) is 1.32. The maximum absolute atomic E-state index is 10.8. The smallest absolute Gasteiger partial charge is 0.357 e. The predicted octanol–water partition coefficient (Wildman–Crippen LogP) is 0.828. The number of hydrogen-bond acceptors (Lipinski definition) is 3. The minimum absolute atomic E-state index is 0.377. The lowest BCUT2D eigenvalue weighted by Gasteiger charge is -1.95. The molecule has 0 spiro atoms. The number of carbonyl (C=O) groups is 1. The molecule has 0 N–H and O–H groups in total. The van der Waals surface area contributed by atoms with Crippen molar-refractivity contribution in [3.05, 3.63) is 18.2 Å². The van der Waals surface area contributed by atoms with Gasteiger partial charge in [0.1, 0.15) is 6.33 Å². The third-order valence-corrected chi connectivity index (χ3v) is 1.55. The maximum atomic E-state index is 10.8. The van der Waals surface area contributed by atoms with Crippen molar-refractivity contribution in [3.8, 4) is 0 Å². The molecule has 0 aliphatic heterocycles. The zero-order chi connectivity index (χ0) is 7.56. The van der Waals surface area contributed by atoms with Gasteiger partial charge in [-0.1, -0.05) is 0 Å². The van der Waals surface area contributed by atoms with Crippen LogP contribution in [0.3, 0.4) is 0 Å². The molecule has 1 rings (SSSR count). The van der Waals surface area contributed by atoms with Crippen molar-refractivity contribution >= 4 is 22.1 Å². The Hall–Kier alpha value is -0.840. The van der Waals surface area contributed by atoms with E-state index in [-0.39, 0.29) is 0 Å². The van der Waals surface area contributed by atoms with Gasteiger partial charge in [0.25, 0.3) is 0 Å². The van der Waals surface area contributed by atoms with Gasteiger partial charge in [0.15, 0.2) is 5.69 Å². The molecule has 1 aromatic rings. The van der Waals surface area contributed by atoms with E-state index >= 15 is 0 Å². The summed E-state index contributed by atoms with van der Waals surface area (Å²) in [4.78, 5) is 14.5. The second-order valence-corrected chi connectivity index (χ2v) is 2.35. The highest BCUT2D eigenvalue weighted by Gasteiger charge is 2.08. The van der Waals surface area contributed by atoms with Crippen LogP contribution in [0.2, 0.25) is 0 Å². The van der Waals surface area contributed by atoms with Crippen LogP contribution in [0.5, 0.6) is 0 Å². The Morgan fingerprint density at radius 3 is 3.00 bits per heavy atom. The molecular formula is C5H5BrN2O2. The molecule has 0 amide bonds. The van der Waals surface area contributed by atoms with Crippen molar-refractivity contribution in [1.29, 1.82) is 0 Å². The minimum Gasteiger partial charge on any atom is -0.464 e. The number of hydrogen-bond donors (Lipinski definition) is 0. The van der Waals surface area contributed by atoms with Crippen LogP contribution in [0.4, 0.5) is 0 Å². The Labute approximate surface area is 66.2 Å². The van der Waals surface area contributed by atoms with Crippen molar-refractivity contribution in [2.75, 3.05) is 7.11 Å². The summed E-state index contributed by atoms with van der Waals surface area (Å²) in [5.74, 6) is -0.408. The van der Waals surface area contributed by atoms with Crippen LogP contribution < -0.4 is 0 Å². The summed E-state index contributed by atoms with van der Waals surface area (Å²) >= 11 is 3.06. The van der Waals surface area contributed by atoms with Crippen molar-refractivity contribution < 1.29 is 9.53 Å². The van der Waals surface area contributed by atoms with Crippen molar-refractivity contribution in [1.82, 2.24) is 8.58 Å². The molecule has 1 heterocycles. The molecule has 0 radical (unpaired) electrons. The summed E-state index contributed by atoms with van der Waals surface area (Å²) in [5, 5.41) is 0. The van der Waals surface area contributed by atoms with E-state index in [1.807, 2.05) is 0 Å². The number of ether oxygens (including phenoxy) is 1. The van der Waals surface area contributed by atoms with E-state index in [2.05, 4.69) is 25.9 Å². The molecule has 0 fully saturated rings. The molecule has 1 aromatic heterocycles. The molecule has 0 saturated carbocycles.